The van der Waals surface area contributed by atoms with E-state index in [1.54, 1.807) is 6.92 Å². The second kappa shape index (κ2) is 7.09. The molecule has 0 N–H and O–H groups in total. The Balaban J connectivity index is 4.97. The molecule has 1 amide bonds. The Bertz CT molecular complexity index is 242. The summed E-state index contributed by atoms with van der Waals surface area (Å²) in [5.41, 5.74) is 0. The molecule has 0 aromatic rings. The largest absolute Gasteiger partial charge is 0.467 e. The lowest BCUT2D eigenvalue weighted by molar-refractivity contribution is -0.148. The molecule has 5 nitrogen and oxygen atoms in total. The first-order valence-corrected chi connectivity index (χ1v) is 5.45. The fraction of sp³-hybridized carbons (Fsp3) is 0.818. The van der Waals surface area contributed by atoms with Gasteiger partial charge in [0.2, 0.25) is 0 Å². The van der Waals surface area contributed by atoms with Crippen molar-refractivity contribution in [1.82, 2.24) is 4.90 Å². The summed E-state index contributed by atoms with van der Waals surface area (Å²) in [6.45, 7) is 6.09. The lowest BCUT2D eigenvalue weighted by Gasteiger charge is -2.31. The van der Waals surface area contributed by atoms with E-state index in [1.165, 1.54) is 19.1 Å². The molecule has 5 heteroatoms. The Morgan fingerprint density at radius 2 is 1.75 bits per heavy atom. The number of hydrogen-bond acceptors (Lipinski definition) is 4. The highest BCUT2D eigenvalue weighted by Crippen LogP contribution is 2.17. The van der Waals surface area contributed by atoms with Gasteiger partial charge in [0.15, 0.2) is 0 Å². The molecule has 0 heterocycles. The number of carbonyl (C=O) groups is 2. The van der Waals surface area contributed by atoms with Gasteiger partial charge in [-0.15, -0.1) is 0 Å². The molecule has 0 bridgehead atoms. The highest BCUT2D eigenvalue weighted by atomic mass is 16.5. The van der Waals surface area contributed by atoms with Gasteiger partial charge in [-0.2, -0.15) is 0 Å². The molecule has 16 heavy (non-hydrogen) atoms. The maximum absolute atomic E-state index is 11.7. The van der Waals surface area contributed by atoms with Crippen molar-refractivity contribution in [2.75, 3.05) is 20.8 Å². The van der Waals surface area contributed by atoms with E-state index in [-0.39, 0.29) is 5.92 Å². The molecule has 0 aromatic heterocycles. The third-order valence-electron chi connectivity index (χ3n) is 2.71. The Morgan fingerprint density at radius 1 is 1.19 bits per heavy atom. The fourth-order valence-electron chi connectivity index (χ4n) is 1.57. The predicted octanol–water partition coefficient (Wildman–Crippen LogP) is 1.66. The maximum Gasteiger partial charge on any atom is 0.410 e. The van der Waals surface area contributed by atoms with Crippen LogP contribution in [0.5, 0.6) is 0 Å². The van der Waals surface area contributed by atoms with Gasteiger partial charge >= 0.3 is 12.1 Å². The molecule has 0 radical (unpaired) electrons. The first-order chi connectivity index (χ1) is 7.53. The van der Waals surface area contributed by atoms with E-state index in [9.17, 15) is 9.59 Å². The molecule has 0 aliphatic heterocycles. The van der Waals surface area contributed by atoms with Crippen LogP contribution in [0.4, 0.5) is 4.79 Å². The van der Waals surface area contributed by atoms with Crippen LogP contribution in [0, 0.1) is 5.92 Å². The van der Waals surface area contributed by atoms with Crippen LogP contribution in [-0.4, -0.2) is 43.8 Å². The molecule has 0 saturated carbocycles. The molecular formula is C11H21NO4. The third kappa shape index (κ3) is 3.40. The number of esters is 1. The van der Waals surface area contributed by atoms with E-state index < -0.39 is 18.1 Å². The second-order valence-electron chi connectivity index (χ2n) is 3.61. The highest BCUT2D eigenvalue weighted by Gasteiger charge is 2.34. The summed E-state index contributed by atoms with van der Waals surface area (Å²) < 4.78 is 9.38. The number of carbonyl (C=O) groups excluding carboxylic acids is 2. The number of rotatable bonds is 5. The normalized spacial score (nSPS) is 13.8. The van der Waals surface area contributed by atoms with Gasteiger partial charge in [-0.25, -0.2) is 9.59 Å². The van der Waals surface area contributed by atoms with Crippen LogP contribution in [0.15, 0.2) is 0 Å². The van der Waals surface area contributed by atoms with Gasteiger partial charge in [0.25, 0.3) is 0 Å². The minimum Gasteiger partial charge on any atom is -0.467 e. The van der Waals surface area contributed by atoms with E-state index in [0.29, 0.717) is 6.54 Å². The molecule has 0 aliphatic rings. The molecule has 2 unspecified atom stereocenters. The van der Waals surface area contributed by atoms with Gasteiger partial charge in [-0.3, -0.25) is 4.90 Å². The summed E-state index contributed by atoms with van der Waals surface area (Å²) in [6, 6.07) is -0.576. The van der Waals surface area contributed by atoms with Crippen molar-refractivity contribution in [3.63, 3.8) is 0 Å². The second-order valence-corrected chi connectivity index (χ2v) is 3.61. The molecule has 94 valence electrons. The van der Waals surface area contributed by atoms with Crippen molar-refractivity contribution in [3.8, 4) is 0 Å². The monoisotopic (exact) mass is 231 g/mol. The number of amides is 1. The predicted molar refractivity (Wildman–Crippen MR) is 60.0 cm³/mol. The van der Waals surface area contributed by atoms with Crippen LogP contribution in [0.25, 0.3) is 0 Å². The van der Waals surface area contributed by atoms with E-state index in [2.05, 4.69) is 4.74 Å². The van der Waals surface area contributed by atoms with E-state index in [0.717, 1.165) is 6.42 Å². The summed E-state index contributed by atoms with van der Waals surface area (Å²) >= 11 is 0. The van der Waals surface area contributed by atoms with Crippen molar-refractivity contribution in [3.05, 3.63) is 0 Å². The quantitative estimate of drug-likeness (QED) is 0.675. The maximum atomic E-state index is 11.7. The zero-order chi connectivity index (χ0) is 12.7. The van der Waals surface area contributed by atoms with E-state index >= 15 is 0 Å². The zero-order valence-corrected chi connectivity index (χ0v) is 10.6. The number of ether oxygens (including phenoxy) is 2. The third-order valence-corrected chi connectivity index (χ3v) is 2.71. The summed E-state index contributed by atoms with van der Waals surface area (Å²) in [5.74, 6) is -0.367. The van der Waals surface area contributed by atoms with Crippen molar-refractivity contribution >= 4 is 12.1 Å². The SMILES string of the molecule is CCC(C)C(C(=O)OC)N(CC)C(=O)OC. The van der Waals surface area contributed by atoms with Crippen LogP contribution in [0.3, 0.4) is 0 Å². The summed E-state index contributed by atoms with van der Waals surface area (Å²) in [6.07, 6.45) is 0.283. The lowest BCUT2D eigenvalue weighted by atomic mass is 9.98. The minimum absolute atomic E-state index is 0.0338. The molecule has 0 rings (SSSR count). The molecular weight excluding hydrogens is 210 g/mol. The average Bonchev–Trinajstić information content (AvgIpc) is 2.32. The number of methoxy groups -OCH3 is 2. The molecule has 0 spiro atoms. The molecule has 2 atom stereocenters. The van der Waals surface area contributed by atoms with Crippen LogP contribution in [0.1, 0.15) is 27.2 Å². The minimum atomic E-state index is -0.576. The number of hydrogen-bond donors (Lipinski definition) is 0. The standard InChI is InChI=1S/C11H21NO4/c1-6-8(3)9(10(13)15-4)12(7-2)11(14)16-5/h8-9H,6-7H2,1-5H3. The van der Waals surface area contributed by atoms with E-state index in [1.807, 2.05) is 13.8 Å². The Morgan fingerprint density at radius 3 is 2.06 bits per heavy atom. The average molecular weight is 231 g/mol. The topological polar surface area (TPSA) is 55.8 Å². The smallest absolute Gasteiger partial charge is 0.410 e. The van der Waals surface area contributed by atoms with Crippen LogP contribution < -0.4 is 0 Å². The van der Waals surface area contributed by atoms with Crippen molar-refractivity contribution < 1.29 is 19.1 Å². The number of likely N-dealkylation sites (N-methyl/N-ethyl adjacent to an activating group) is 1. The lowest BCUT2D eigenvalue weighted by Crippen LogP contribution is -2.49. The first-order valence-electron chi connectivity index (χ1n) is 5.45. The van der Waals surface area contributed by atoms with Crippen LogP contribution in [0.2, 0.25) is 0 Å². The first kappa shape index (κ1) is 14.7. The highest BCUT2D eigenvalue weighted by molar-refractivity contribution is 5.81. The van der Waals surface area contributed by atoms with Gasteiger partial charge in [-0.05, 0) is 12.8 Å². The molecule has 0 aliphatic carbocycles. The molecule has 0 saturated heterocycles. The van der Waals surface area contributed by atoms with Crippen LogP contribution in [-0.2, 0) is 14.3 Å². The zero-order valence-electron chi connectivity index (χ0n) is 10.6. The summed E-state index contributed by atoms with van der Waals surface area (Å²) in [4.78, 5) is 24.6. The summed E-state index contributed by atoms with van der Waals surface area (Å²) in [5, 5.41) is 0. The number of nitrogens with zero attached hydrogens (tertiary/aromatic N) is 1. The Hall–Kier alpha value is -1.26. The van der Waals surface area contributed by atoms with Crippen molar-refractivity contribution in [2.24, 2.45) is 5.92 Å². The van der Waals surface area contributed by atoms with Crippen molar-refractivity contribution in [1.29, 1.82) is 0 Å². The van der Waals surface area contributed by atoms with Gasteiger partial charge in [-0.1, -0.05) is 20.3 Å². The Labute approximate surface area is 96.7 Å². The molecule has 0 aromatic carbocycles. The Kier molecular flexibility index (Phi) is 6.53. The fourth-order valence-corrected chi connectivity index (χ4v) is 1.57. The van der Waals surface area contributed by atoms with Gasteiger partial charge in [0.1, 0.15) is 6.04 Å². The van der Waals surface area contributed by atoms with Crippen molar-refractivity contribution in [2.45, 2.75) is 33.2 Å². The molecule has 0 fully saturated rings. The van der Waals surface area contributed by atoms with Gasteiger partial charge < -0.3 is 9.47 Å². The van der Waals surface area contributed by atoms with Crippen LogP contribution >= 0.6 is 0 Å². The van der Waals surface area contributed by atoms with Gasteiger partial charge in [0.05, 0.1) is 14.2 Å². The summed E-state index contributed by atoms with van der Waals surface area (Å²) in [7, 11) is 2.62. The van der Waals surface area contributed by atoms with E-state index in [4.69, 9.17) is 4.74 Å². The van der Waals surface area contributed by atoms with Gasteiger partial charge in [0, 0.05) is 6.54 Å².